The summed E-state index contributed by atoms with van der Waals surface area (Å²) in [6.45, 7) is 2.42. The number of piperidine rings is 1. The summed E-state index contributed by atoms with van der Waals surface area (Å²) in [6, 6.07) is 9.47. The smallest absolute Gasteiger partial charge is 0.410 e. The molecular formula is C16H19NO4. The van der Waals surface area contributed by atoms with Crippen molar-refractivity contribution in [1.29, 1.82) is 0 Å². The maximum Gasteiger partial charge on any atom is 0.410 e. The number of benzene rings is 1. The number of fused-ring (bicyclic) bond motifs is 2. The lowest BCUT2D eigenvalue weighted by Crippen LogP contribution is -2.48. The predicted molar refractivity (Wildman–Crippen MR) is 75.7 cm³/mol. The molecule has 2 aliphatic rings. The second-order valence-electron chi connectivity index (χ2n) is 6.39. The number of ether oxygens (including phenoxy) is 1. The first kappa shape index (κ1) is 13.9. The van der Waals surface area contributed by atoms with Gasteiger partial charge in [0.05, 0.1) is 5.41 Å². The summed E-state index contributed by atoms with van der Waals surface area (Å²) < 4.78 is 5.35. The number of nitrogens with zero attached hydrogens (tertiary/aromatic N) is 1. The molecule has 1 saturated carbocycles. The molecular weight excluding hydrogens is 270 g/mol. The minimum absolute atomic E-state index is 0.215. The van der Waals surface area contributed by atoms with Gasteiger partial charge in [-0.2, -0.15) is 0 Å². The van der Waals surface area contributed by atoms with Gasteiger partial charge >= 0.3 is 12.1 Å². The standard InChI is InChI=1S/C16H19NO4/c1-15-7-8-16(10-15,13(18)19)11-17(15)14(20)21-9-12-5-3-2-4-6-12/h2-6H,7-11H2,1H3,(H,18,19). The molecule has 1 N–H and O–H groups in total. The van der Waals surface area contributed by atoms with Crippen molar-refractivity contribution in [2.75, 3.05) is 6.54 Å². The molecule has 1 aliphatic heterocycles. The van der Waals surface area contributed by atoms with Crippen molar-refractivity contribution in [3.05, 3.63) is 35.9 Å². The average molecular weight is 289 g/mol. The minimum Gasteiger partial charge on any atom is -0.481 e. The van der Waals surface area contributed by atoms with Crippen LogP contribution < -0.4 is 0 Å². The monoisotopic (exact) mass is 289 g/mol. The zero-order chi connectivity index (χ0) is 15.1. The number of likely N-dealkylation sites (tertiary alicyclic amines) is 1. The van der Waals surface area contributed by atoms with Crippen molar-refractivity contribution in [2.24, 2.45) is 5.41 Å². The van der Waals surface area contributed by atoms with Crippen LogP contribution in [-0.2, 0) is 16.1 Å². The third-order valence-electron chi connectivity index (χ3n) is 4.85. The second-order valence-corrected chi connectivity index (χ2v) is 6.39. The molecule has 0 spiro atoms. The van der Waals surface area contributed by atoms with E-state index < -0.39 is 17.5 Å². The fraction of sp³-hybridized carbons (Fsp3) is 0.500. The largest absolute Gasteiger partial charge is 0.481 e. The van der Waals surface area contributed by atoms with Crippen LogP contribution >= 0.6 is 0 Å². The second kappa shape index (κ2) is 4.76. The van der Waals surface area contributed by atoms with Gasteiger partial charge in [-0.05, 0) is 31.7 Å². The summed E-state index contributed by atoms with van der Waals surface area (Å²) in [4.78, 5) is 25.4. The first-order chi connectivity index (χ1) is 9.95. The number of carboxylic acids is 1. The molecule has 2 atom stereocenters. The minimum atomic E-state index is -0.801. The Morgan fingerprint density at radius 2 is 2.00 bits per heavy atom. The fourth-order valence-electron chi connectivity index (χ4n) is 3.61. The lowest BCUT2D eigenvalue weighted by atomic mass is 9.87. The Morgan fingerprint density at radius 3 is 2.62 bits per heavy atom. The van der Waals surface area contributed by atoms with Crippen LogP contribution in [0.1, 0.15) is 31.7 Å². The van der Waals surface area contributed by atoms with Gasteiger partial charge in [-0.1, -0.05) is 30.3 Å². The first-order valence-corrected chi connectivity index (χ1v) is 7.17. The predicted octanol–water partition coefficient (Wildman–Crippen LogP) is 2.65. The Morgan fingerprint density at radius 1 is 1.29 bits per heavy atom. The van der Waals surface area contributed by atoms with Gasteiger partial charge in [0.15, 0.2) is 0 Å². The van der Waals surface area contributed by atoms with Crippen LogP contribution in [-0.4, -0.2) is 34.2 Å². The highest BCUT2D eigenvalue weighted by Crippen LogP contribution is 2.54. The van der Waals surface area contributed by atoms with E-state index in [0.717, 1.165) is 12.0 Å². The van der Waals surface area contributed by atoms with Gasteiger partial charge in [0.25, 0.3) is 0 Å². The van der Waals surface area contributed by atoms with E-state index in [1.54, 1.807) is 4.90 Å². The molecule has 3 rings (SSSR count). The van der Waals surface area contributed by atoms with Crippen molar-refractivity contribution in [3.63, 3.8) is 0 Å². The summed E-state index contributed by atoms with van der Waals surface area (Å²) in [5.74, 6) is -0.801. The molecule has 1 aliphatic carbocycles. The molecule has 21 heavy (non-hydrogen) atoms. The Bertz CT molecular complexity index is 573. The van der Waals surface area contributed by atoms with Crippen LogP contribution in [0.4, 0.5) is 4.79 Å². The van der Waals surface area contributed by atoms with E-state index in [0.29, 0.717) is 12.8 Å². The molecule has 112 valence electrons. The molecule has 0 radical (unpaired) electrons. The lowest BCUT2D eigenvalue weighted by Gasteiger charge is -2.35. The van der Waals surface area contributed by atoms with Gasteiger partial charge < -0.3 is 14.7 Å². The summed E-state index contributed by atoms with van der Waals surface area (Å²) >= 11 is 0. The Labute approximate surface area is 123 Å². The summed E-state index contributed by atoms with van der Waals surface area (Å²) in [6.07, 6.45) is 1.47. The van der Waals surface area contributed by atoms with Crippen molar-refractivity contribution in [3.8, 4) is 0 Å². The highest BCUT2D eigenvalue weighted by molar-refractivity contribution is 5.79. The van der Waals surface area contributed by atoms with Crippen LogP contribution in [0.25, 0.3) is 0 Å². The van der Waals surface area contributed by atoms with Crippen LogP contribution in [0, 0.1) is 5.41 Å². The van der Waals surface area contributed by atoms with Gasteiger partial charge in [0.1, 0.15) is 6.61 Å². The van der Waals surface area contributed by atoms with Gasteiger partial charge in [-0.25, -0.2) is 4.79 Å². The van der Waals surface area contributed by atoms with Gasteiger partial charge in [0.2, 0.25) is 0 Å². The maximum atomic E-state index is 12.3. The van der Waals surface area contributed by atoms with Crippen LogP contribution in [0.5, 0.6) is 0 Å². The number of carboxylic acid groups (broad SMARTS) is 1. The molecule has 1 saturated heterocycles. The molecule has 5 heteroatoms. The molecule has 1 aromatic carbocycles. The van der Waals surface area contributed by atoms with Gasteiger partial charge in [-0.15, -0.1) is 0 Å². The Hall–Kier alpha value is -2.04. The quantitative estimate of drug-likeness (QED) is 0.929. The van der Waals surface area contributed by atoms with Gasteiger partial charge in [0, 0.05) is 12.1 Å². The summed E-state index contributed by atoms with van der Waals surface area (Å²) in [5, 5.41) is 9.43. The highest BCUT2D eigenvalue weighted by atomic mass is 16.6. The average Bonchev–Trinajstić information content (AvgIpc) is 2.98. The molecule has 2 unspecified atom stereocenters. The highest BCUT2D eigenvalue weighted by Gasteiger charge is 2.62. The number of carbonyl (C=O) groups excluding carboxylic acids is 1. The summed E-state index contributed by atoms with van der Waals surface area (Å²) in [5.41, 5.74) is -0.236. The van der Waals surface area contributed by atoms with Crippen LogP contribution in [0.3, 0.4) is 0 Å². The third kappa shape index (κ3) is 2.26. The van der Waals surface area contributed by atoms with Crippen molar-refractivity contribution >= 4 is 12.1 Å². The number of hydrogen-bond acceptors (Lipinski definition) is 3. The SMILES string of the molecule is CC12CCC(C(=O)O)(CN1C(=O)OCc1ccccc1)C2. The number of rotatable bonds is 3. The van der Waals surface area contributed by atoms with Crippen molar-refractivity contribution in [2.45, 2.75) is 38.3 Å². The Kier molecular flexibility index (Phi) is 3.15. The van der Waals surface area contributed by atoms with Crippen LogP contribution in [0.15, 0.2) is 30.3 Å². The van der Waals surface area contributed by atoms with E-state index in [1.807, 2.05) is 37.3 Å². The Balaban J connectivity index is 1.67. The number of aliphatic carboxylic acids is 1. The third-order valence-corrected chi connectivity index (χ3v) is 4.85. The van der Waals surface area contributed by atoms with Gasteiger partial charge in [-0.3, -0.25) is 4.79 Å². The number of amides is 1. The summed E-state index contributed by atoms with van der Waals surface area (Å²) in [7, 11) is 0. The lowest BCUT2D eigenvalue weighted by molar-refractivity contribution is -0.148. The van der Waals surface area contributed by atoms with E-state index >= 15 is 0 Å². The van der Waals surface area contributed by atoms with E-state index in [2.05, 4.69) is 0 Å². The molecule has 1 aromatic rings. The molecule has 1 heterocycles. The molecule has 0 aromatic heterocycles. The van der Waals surface area contributed by atoms with E-state index in [-0.39, 0.29) is 18.7 Å². The first-order valence-electron chi connectivity index (χ1n) is 7.17. The number of hydrogen-bond donors (Lipinski definition) is 1. The fourth-order valence-corrected chi connectivity index (χ4v) is 3.61. The molecule has 1 amide bonds. The van der Waals surface area contributed by atoms with Crippen molar-refractivity contribution < 1.29 is 19.4 Å². The molecule has 5 nitrogen and oxygen atoms in total. The van der Waals surface area contributed by atoms with E-state index in [1.165, 1.54) is 0 Å². The zero-order valence-electron chi connectivity index (χ0n) is 12.0. The topological polar surface area (TPSA) is 66.8 Å². The molecule has 2 bridgehead atoms. The van der Waals surface area contributed by atoms with Crippen LogP contribution in [0.2, 0.25) is 0 Å². The normalized spacial score (nSPS) is 30.4. The van der Waals surface area contributed by atoms with Crippen molar-refractivity contribution in [1.82, 2.24) is 4.90 Å². The molecule has 2 fully saturated rings. The number of carbonyl (C=O) groups is 2. The zero-order valence-corrected chi connectivity index (χ0v) is 12.0. The maximum absolute atomic E-state index is 12.3. The van der Waals surface area contributed by atoms with E-state index in [4.69, 9.17) is 4.74 Å². The van der Waals surface area contributed by atoms with E-state index in [9.17, 15) is 14.7 Å².